The molecule has 0 aliphatic carbocycles. The first-order valence-electron chi connectivity index (χ1n) is 7.74. The zero-order chi connectivity index (χ0) is 15.5. The maximum Gasteiger partial charge on any atom is 0.292 e. The Morgan fingerprint density at radius 2 is 2.09 bits per heavy atom. The van der Waals surface area contributed by atoms with Crippen molar-refractivity contribution < 1.29 is 9.66 Å². The first kappa shape index (κ1) is 14.8. The summed E-state index contributed by atoms with van der Waals surface area (Å²) >= 11 is 0. The maximum absolute atomic E-state index is 11.2. The van der Waals surface area contributed by atoms with Crippen molar-refractivity contribution in [1.29, 1.82) is 5.26 Å². The Balaban J connectivity index is 1.75. The van der Waals surface area contributed by atoms with Crippen LogP contribution >= 0.6 is 0 Å². The van der Waals surface area contributed by atoms with E-state index < -0.39 is 0 Å². The van der Waals surface area contributed by atoms with Gasteiger partial charge in [-0.2, -0.15) is 5.26 Å². The zero-order valence-corrected chi connectivity index (χ0v) is 12.4. The second kappa shape index (κ2) is 6.32. The van der Waals surface area contributed by atoms with E-state index in [9.17, 15) is 10.1 Å². The third-order valence-electron chi connectivity index (χ3n) is 4.67. The molecule has 2 fully saturated rings. The van der Waals surface area contributed by atoms with Gasteiger partial charge in [0.25, 0.3) is 5.69 Å². The van der Waals surface area contributed by atoms with Crippen LogP contribution in [0.25, 0.3) is 0 Å². The number of rotatable bonds is 3. The topological polar surface area (TPSA) is 79.4 Å². The summed E-state index contributed by atoms with van der Waals surface area (Å²) in [5.74, 6) is 0.553. The number of piperidine rings is 1. The van der Waals surface area contributed by atoms with Gasteiger partial charge in [0.05, 0.1) is 22.7 Å². The van der Waals surface area contributed by atoms with E-state index in [0.717, 1.165) is 45.4 Å². The number of ether oxygens (including phenoxy) is 1. The summed E-state index contributed by atoms with van der Waals surface area (Å²) in [6, 6.07) is 6.62. The molecule has 116 valence electrons. The fraction of sp³-hybridized carbons (Fsp3) is 0.562. The molecule has 2 heterocycles. The van der Waals surface area contributed by atoms with E-state index in [1.165, 1.54) is 12.1 Å². The van der Waals surface area contributed by atoms with E-state index in [1.54, 1.807) is 6.07 Å². The van der Waals surface area contributed by atoms with Gasteiger partial charge in [0.1, 0.15) is 5.69 Å². The summed E-state index contributed by atoms with van der Waals surface area (Å²) in [6.45, 7) is 2.42. The lowest BCUT2D eigenvalue weighted by Crippen LogP contribution is -2.38. The zero-order valence-electron chi connectivity index (χ0n) is 12.4. The minimum absolute atomic E-state index is 0.0783. The predicted octanol–water partition coefficient (Wildman–Crippen LogP) is 2.86. The normalized spacial score (nSPS) is 22.5. The van der Waals surface area contributed by atoms with Gasteiger partial charge in [-0.3, -0.25) is 10.1 Å². The van der Waals surface area contributed by atoms with Crippen molar-refractivity contribution in [1.82, 2.24) is 0 Å². The van der Waals surface area contributed by atoms with Crippen LogP contribution in [-0.4, -0.2) is 30.7 Å². The second-order valence-corrected chi connectivity index (χ2v) is 5.95. The molecule has 3 rings (SSSR count). The highest BCUT2D eigenvalue weighted by Gasteiger charge is 2.31. The van der Waals surface area contributed by atoms with Crippen molar-refractivity contribution in [3.63, 3.8) is 0 Å². The molecule has 6 nitrogen and oxygen atoms in total. The molecule has 0 bridgehead atoms. The van der Waals surface area contributed by atoms with Crippen LogP contribution in [0.3, 0.4) is 0 Å². The van der Waals surface area contributed by atoms with Crippen LogP contribution in [0.15, 0.2) is 18.2 Å². The van der Waals surface area contributed by atoms with E-state index in [1.807, 2.05) is 4.90 Å². The first-order valence-corrected chi connectivity index (χ1v) is 7.74. The molecular formula is C16H19N3O3. The van der Waals surface area contributed by atoms with Gasteiger partial charge in [0.15, 0.2) is 0 Å². The number of benzene rings is 1. The molecule has 2 aliphatic heterocycles. The van der Waals surface area contributed by atoms with Gasteiger partial charge in [-0.25, -0.2) is 0 Å². The van der Waals surface area contributed by atoms with Crippen molar-refractivity contribution in [2.75, 3.05) is 24.6 Å². The van der Waals surface area contributed by atoms with Crippen LogP contribution in [-0.2, 0) is 4.74 Å². The van der Waals surface area contributed by atoms with Gasteiger partial charge in [-0.15, -0.1) is 0 Å². The van der Waals surface area contributed by atoms with Gasteiger partial charge in [0.2, 0.25) is 0 Å². The minimum atomic E-state index is -0.372. The van der Waals surface area contributed by atoms with Crippen molar-refractivity contribution in [3.05, 3.63) is 33.9 Å². The van der Waals surface area contributed by atoms with E-state index in [-0.39, 0.29) is 10.6 Å². The Morgan fingerprint density at radius 3 is 2.68 bits per heavy atom. The smallest absolute Gasteiger partial charge is 0.292 e. The van der Waals surface area contributed by atoms with Gasteiger partial charge in [0, 0.05) is 25.8 Å². The van der Waals surface area contributed by atoms with Gasteiger partial charge in [-0.05, 0) is 43.7 Å². The number of nitro groups is 1. The molecule has 0 amide bonds. The molecule has 1 aromatic carbocycles. The summed E-state index contributed by atoms with van der Waals surface area (Å²) in [4.78, 5) is 12.9. The Morgan fingerprint density at radius 1 is 1.32 bits per heavy atom. The van der Waals surface area contributed by atoms with Crippen LogP contribution < -0.4 is 4.90 Å². The second-order valence-electron chi connectivity index (χ2n) is 5.95. The Kier molecular flexibility index (Phi) is 4.25. The summed E-state index contributed by atoms with van der Waals surface area (Å²) in [7, 11) is 0. The summed E-state index contributed by atoms with van der Waals surface area (Å²) in [5.41, 5.74) is 1.10. The average Bonchev–Trinajstić information content (AvgIpc) is 3.09. The molecule has 1 unspecified atom stereocenters. The predicted molar refractivity (Wildman–Crippen MR) is 81.7 cm³/mol. The SMILES string of the molecule is N#Cc1ccc([N+](=O)[O-])c(N2CCC(C3CCCO3)CC2)c1. The summed E-state index contributed by atoms with van der Waals surface area (Å²) in [6.07, 6.45) is 4.61. The van der Waals surface area contributed by atoms with Gasteiger partial charge >= 0.3 is 0 Å². The molecule has 6 heteroatoms. The molecule has 22 heavy (non-hydrogen) atoms. The Labute approximate surface area is 129 Å². The van der Waals surface area contributed by atoms with Crippen molar-refractivity contribution in [2.24, 2.45) is 5.92 Å². The van der Waals surface area contributed by atoms with Gasteiger partial charge in [-0.1, -0.05) is 0 Å². The molecule has 1 atom stereocenters. The van der Waals surface area contributed by atoms with E-state index in [2.05, 4.69) is 6.07 Å². The highest BCUT2D eigenvalue weighted by molar-refractivity contribution is 5.66. The van der Waals surface area contributed by atoms with Crippen LogP contribution in [0.5, 0.6) is 0 Å². The van der Waals surface area contributed by atoms with Crippen LogP contribution in [0.2, 0.25) is 0 Å². The Bertz CT molecular complexity index is 597. The van der Waals surface area contributed by atoms with E-state index in [0.29, 0.717) is 23.3 Å². The molecule has 0 spiro atoms. The van der Waals surface area contributed by atoms with Crippen LogP contribution in [0.1, 0.15) is 31.2 Å². The molecule has 0 aromatic heterocycles. The third kappa shape index (κ3) is 2.90. The molecule has 0 saturated carbocycles. The van der Waals surface area contributed by atoms with E-state index >= 15 is 0 Å². The fourth-order valence-corrected chi connectivity index (χ4v) is 3.49. The fourth-order valence-electron chi connectivity index (χ4n) is 3.49. The molecular weight excluding hydrogens is 282 g/mol. The standard InChI is InChI=1S/C16H19N3O3/c17-11-12-3-4-14(19(20)21)15(10-12)18-7-5-13(6-8-18)16-2-1-9-22-16/h3-4,10,13,16H,1-2,5-9H2. The number of hydrogen-bond acceptors (Lipinski definition) is 5. The summed E-state index contributed by atoms with van der Waals surface area (Å²) in [5, 5.41) is 20.2. The highest BCUT2D eigenvalue weighted by Crippen LogP contribution is 2.35. The minimum Gasteiger partial charge on any atom is -0.378 e. The van der Waals surface area contributed by atoms with Crippen LogP contribution in [0.4, 0.5) is 11.4 Å². The van der Waals surface area contributed by atoms with Crippen molar-refractivity contribution in [3.8, 4) is 6.07 Å². The largest absolute Gasteiger partial charge is 0.378 e. The molecule has 0 N–H and O–H groups in total. The molecule has 2 saturated heterocycles. The quantitative estimate of drug-likeness (QED) is 0.633. The Hall–Kier alpha value is -2.13. The van der Waals surface area contributed by atoms with Gasteiger partial charge < -0.3 is 9.64 Å². The van der Waals surface area contributed by atoms with E-state index in [4.69, 9.17) is 10.00 Å². The third-order valence-corrected chi connectivity index (χ3v) is 4.67. The van der Waals surface area contributed by atoms with Crippen molar-refractivity contribution >= 4 is 11.4 Å². The number of nitrogens with zero attached hydrogens (tertiary/aromatic N) is 3. The average molecular weight is 301 g/mol. The maximum atomic E-state index is 11.2. The highest BCUT2D eigenvalue weighted by atomic mass is 16.6. The first-order chi connectivity index (χ1) is 10.7. The number of nitro benzene ring substituents is 1. The lowest BCUT2D eigenvalue weighted by atomic mass is 9.89. The number of nitriles is 1. The van der Waals surface area contributed by atoms with Crippen molar-refractivity contribution in [2.45, 2.75) is 31.8 Å². The summed E-state index contributed by atoms with van der Waals surface area (Å²) < 4.78 is 5.76. The number of anilines is 1. The lowest BCUT2D eigenvalue weighted by molar-refractivity contribution is -0.384. The molecule has 2 aliphatic rings. The molecule has 1 aromatic rings. The monoisotopic (exact) mass is 301 g/mol. The molecule has 0 radical (unpaired) electrons. The lowest BCUT2D eigenvalue weighted by Gasteiger charge is -2.35. The number of hydrogen-bond donors (Lipinski definition) is 0. The van der Waals surface area contributed by atoms with Crippen LogP contribution in [0, 0.1) is 27.4 Å².